The molecule has 0 atom stereocenters. The van der Waals surface area contributed by atoms with E-state index in [9.17, 15) is 0 Å². The van der Waals surface area contributed by atoms with E-state index < -0.39 is 0 Å². The van der Waals surface area contributed by atoms with Gasteiger partial charge < -0.3 is 5.73 Å². The lowest BCUT2D eigenvalue weighted by atomic mass is 10.1. The molecule has 2 N–H and O–H groups in total. The van der Waals surface area contributed by atoms with Crippen molar-refractivity contribution in [3.8, 4) is 0 Å². The second-order valence-corrected chi connectivity index (χ2v) is 5.29. The molecule has 0 saturated carbocycles. The zero-order valence-corrected chi connectivity index (χ0v) is 10.9. The molecular weight excluding hydrogens is 270 g/mol. The Kier molecular flexibility index (Phi) is 2.99. The Bertz CT molecular complexity index is 690. The van der Waals surface area contributed by atoms with Gasteiger partial charge >= 0.3 is 0 Å². The topological polar surface area (TPSA) is 69.1 Å². The van der Waals surface area contributed by atoms with Gasteiger partial charge in [-0.3, -0.25) is 0 Å². The predicted molar refractivity (Wildman–Crippen MR) is 70.8 cm³/mol. The molecule has 0 spiro atoms. The Labute approximate surface area is 112 Å². The van der Waals surface area contributed by atoms with Gasteiger partial charge in [-0.05, 0) is 17.7 Å². The highest BCUT2D eigenvalue weighted by Crippen LogP contribution is 2.17. The molecule has 0 aliphatic rings. The summed E-state index contributed by atoms with van der Waals surface area (Å²) in [5.41, 5.74) is 6.65. The molecule has 0 amide bonds. The summed E-state index contributed by atoms with van der Waals surface area (Å²) in [5, 5.41) is 14.2. The van der Waals surface area contributed by atoms with E-state index in [2.05, 4.69) is 15.3 Å². The molecule has 0 saturated heterocycles. The maximum atomic E-state index is 5.96. The minimum absolute atomic E-state index is 0.421. The van der Waals surface area contributed by atoms with E-state index in [0.29, 0.717) is 18.0 Å². The number of benzene rings is 1. The van der Waals surface area contributed by atoms with Crippen LogP contribution in [0.3, 0.4) is 0 Å². The molecule has 1 aromatic carbocycles. The summed E-state index contributed by atoms with van der Waals surface area (Å²) in [6.45, 7) is 0.421. The summed E-state index contributed by atoms with van der Waals surface area (Å²) in [6, 6.07) is 7.68. The summed E-state index contributed by atoms with van der Waals surface area (Å²) >= 11 is 7.42. The SMILES string of the molecule is NCc1nn2c(Cc3cccc(Cl)c3)nnc2s1. The Morgan fingerprint density at radius 1 is 1.33 bits per heavy atom. The molecule has 2 aromatic heterocycles. The summed E-state index contributed by atoms with van der Waals surface area (Å²) in [6.07, 6.45) is 0.648. The van der Waals surface area contributed by atoms with Crippen molar-refractivity contribution in [1.29, 1.82) is 0 Å². The summed E-state index contributed by atoms with van der Waals surface area (Å²) in [4.78, 5) is 0.771. The zero-order chi connectivity index (χ0) is 12.5. The number of fused-ring (bicyclic) bond motifs is 1. The highest BCUT2D eigenvalue weighted by molar-refractivity contribution is 7.16. The van der Waals surface area contributed by atoms with Gasteiger partial charge in [0, 0.05) is 18.0 Å². The van der Waals surface area contributed by atoms with Gasteiger partial charge in [-0.15, -0.1) is 10.2 Å². The zero-order valence-electron chi connectivity index (χ0n) is 9.38. The lowest BCUT2D eigenvalue weighted by Crippen LogP contribution is -2.00. The molecule has 0 aliphatic heterocycles. The quantitative estimate of drug-likeness (QED) is 0.795. The van der Waals surface area contributed by atoms with Crippen LogP contribution in [0.15, 0.2) is 24.3 Å². The van der Waals surface area contributed by atoms with Crippen molar-refractivity contribution < 1.29 is 0 Å². The smallest absolute Gasteiger partial charge is 0.234 e. The fourth-order valence-electron chi connectivity index (χ4n) is 1.72. The van der Waals surface area contributed by atoms with E-state index in [4.69, 9.17) is 17.3 Å². The Balaban J connectivity index is 1.97. The lowest BCUT2D eigenvalue weighted by Gasteiger charge is -1.98. The van der Waals surface area contributed by atoms with Crippen LogP contribution >= 0.6 is 22.9 Å². The number of rotatable bonds is 3. The molecule has 0 radical (unpaired) electrons. The van der Waals surface area contributed by atoms with Gasteiger partial charge in [-0.1, -0.05) is 35.1 Å². The molecule has 0 aliphatic carbocycles. The standard InChI is InChI=1S/C11H10ClN5S/c12-8-3-1-2-7(4-8)5-9-14-15-11-17(9)16-10(6-13)18-11/h1-4H,5-6,13H2. The lowest BCUT2D eigenvalue weighted by molar-refractivity contribution is 0.821. The van der Waals surface area contributed by atoms with Crippen molar-refractivity contribution in [1.82, 2.24) is 19.8 Å². The Hall–Kier alpha value is -1.50. The largest absolute Gasteiger partial charge is 0.324 e. The van der Waals surface area contributed by atoms with Crippen LogP contribution < -0.4 is 5.73 Å². The number of halogens is 1. The van der Waals surface area contributed by atoms with Crippen molar-refractivity contribution in [2.45, 2.75) is 13.0 Å². The highest BCUT2D eigenvalue weighted by atomic mass is 35.5. The third kappa shape index (κ3) is 2.10. The maximum absolute atomic E-state index is 5.96. The van der Waals surface area contributed by atoms with Crippen LogP contribution in [0.2, 0.25) is 5.02 Å². The van der Waals surface area contributed by atoms with Gasteiger partial charge in [0.05, 0.1) is 0 Å². The van der Waals surface area contributed by atoms with Crippen molar-refractivity contribution in [3.05, 3.63) is 45.7 Å². The molecule has 0 unspecified atom stereocenters. The van der Waals surface area contributed by atoms with Crippen LogP contribution in [0.5, 0.6) is 0 Å². The van der Waals surface area contributed by atoms with E-state index in [1.54, 1.807) is 4.52 Å². The van der Waals surface area contributed by atoms with Crippen molar-refractivity contribution in [2.75, 3.05) is 0 Å². The predicted octanol–water partition coefficient (Wildman–Crippen LogP) is 1.89. The number of hydrogen-bond donors (Lipinski definition) is 1. The van der Waals surface area contributed by atoms with Gasteiger partial charge in [-0.2, -0.15) is 9.61 Å². The normalized spacial score (nSPS) is 11.2. The fourth-order valence-corrected chi connectivity index (χ4v) is 2.66. The number of nitrogens with zero attached hydrogens (tertiary/aromatic N) is 4. The van der Waals surface area contributed by atoms with Gasteiger partial charge in [0.2, 0.25) is 4.96 Å². The van der Waals surface area contributed by atoms with E-state index in [1.165, 1.54) is 11.3 Å². The average molecular weight is 280 g/mol. The third-order valence-corrected chi connectivity index (χ3v) is 3.68. The van der Waals surface area contributed by atoms with Gasteiger partial charge in [0.25, 0.3) is 0 Å². The molecule has 2 heterocycles. The van der Waals surface area contributed by atoms with Crippen molar-refractivity contribution in [3.63, 3.8) is 0 Å². The Morgan fingerprint density at radius 2 is 2.22 bits per heavy atom. The summed E-state index contributed by atoms with van der Waals surface area (Å²) in [7, 11) is 0. The number of aromatic nitrogens is 4. The molecule has 3 rings (SSSR count). The van der Waals surface area contributed by atoms with E-state index in [1.807, 2.05) is 24.3 Å². The van der Waals surface area contributed by atoms with Crippen LogP contribution in [0, 0.1) is 0 Å². The van der Waals surface area contributed by atoms with E-state index in [-0.39, 0.29) is 0 Å². The van der Waals surface area contributed by atoms with Crippen LogP contribution in [0.25, 0.3) is 4.96 Å². The third-order valence-electron chi connectivity index (χ3n) is 2.52. The number of hydrogen-bond acceptors (Lipinski definition) is 5. The first-order valence-electron chi connectivity index (χ1n) is 5.41. The van der Waals surface area contributed by atoms with Crippen LogP contribution in [-0.4, -0.2) is 19.8 Å². The van der Waals surface area contributed by atoms with Crippen LogP contribution in [0.1, 0.15) is 16.4 Å². The average Bonchev–Trinajstić information content (AvgIpc) is 2.91. The Morgan fingerprint density at radius 3 is 3.00 bits per heavy atom. The van der Waals surface area contributed by atoms with Crippen LogP contribution in [-0.2, 0) is 13.0 Å². The van der Waals surface area contributed by atoms with Crippen molar-refractivity contribution >= 4 is 27.9 Å². The molecule has 18 heavy (non-hydrogen) atoms. The minimum Gasteiger partial charge on any atom is -0.324 e. The molecule has 7 heteroatoms. The highest BCUT2D eigenvalue weighted by Gasteiger charge is 2.11. The molecule has 92 valence electrons. The molecule has 0 fully saturated rings. The monoisotopic (exact) mass is 279 g/mol. The second kappa shape index (κ2) is 4.64. The first-order chi connectivity index (χ1) is 8.76. The molecule has 3 aromatic rings. The minimum atomic E-state index is 0.421. The first kappa shape index (κ1) is 11.6. The maximum Gasteiger partial charge on any atom is 0.234 e. The molecule has 5 nitrogen and oxygen atoms in total. The fraction of sp³-hybridized carbons (Fsp3) is 0.182. The van der Waals surface area contributed by atoms with E-state index >= 15 is 0 Å². The molecular formula is C11H10ClN5S. The van der Waals surface area contributed by atoms with Gasteiger partial charge in [0.15, 0.2) is 5.82 Å². The van der Waals surface area contributed by atoms with Crippen molar-refractivity contribution in [2.24, 2.45) is 5.73 Å². The summed E-state index contributed by atoms with van der Waals surface area (Å²) in [5.74, 6) is 0.795. The number of nitrogens with two attached hydrogens (primary N) is 1. The summed E-state index contributed by atoms with van der Waals surface area (Å²) < 4.78 is 1.74. The molecule has 0 bridgehead atoms. The van der Waals surface area contributed by atoms with Gasteiger partial charge in [0.1, 0.15) is 5.01 Å². The first-order valence-corrected chi connectivity index (χ1v) is 6.60. The van der Waals surface area contributed by atoms with Crippen LogP contribution in [0.4, 0.5) is 0 Å². The van der Waals surface area contributed by atoms with E-state index in [0.717, 1.165) is 21.4 Å². The second-order valence-electron chi connectivity index (χ2n) is 3.82. The van der Waals surface area contributed by atoms with Gasteiger partial charge in [-0.25, -0.2) is 0 Å².